The van der Waals surface area contributed by atoms with E-state index in [0.717, 1.165) is 25.1 Å². The first kappa shape index (κ1) is 14.4. The summed E-state index contributed by atoms with van der Waals surface area (Å²) >= 11 is 0. The van der Waals surface area contributed by atoms with Crippen molar-refractivity contribution in [3.63, 3.8) is 0 Å². The highest BCUT2D eigenvalue weighted by molar-refractivity contribution is 5.88. The molecule has 0 spiro atoms. The fourth-order valence-corrected chi connectivity index (χ4v) is 1.40. The molecule has 0 bridgehead atoms. The van der Waals surface area contributed by atoms with Gasteiger partial charge in [-0.15, -0.1) is 12.3 Å². The van der Waals surface area contributed by atoms with Gasteiger partial charge < -0.3 is 10.4 Å². The fourth-order valence-electron chi connectivity index (χ4n) is 1.40. The van der Waals surface area contributed by atoms with E-state index in [1.807, 2.05) is 0 Å². The number of nitrogens with one attached hydrogen (secondary N) is 1. The lowest BCUT2D eigenvalue weighted by Crippen LogP contribution is -2.08. The maximum absolute atomic E-state index is 10.8. The van der Waals surface area contributed by atoms with Crippen LogP contribution in [0.25, 0.3) is 0 Å². The van der Waals surface area contributed by atoms with Crippen LogP contribution < -0.4 is 5.32 Å². The van der Waals surface area contributed by atoms with E-state index in [9.17, 15) is 14.9 Å². The first-order chi connectivity index (χ1) is 9.06. The number of unbranched alkanes of at least 4 members (excludes halogenated alkanes) is 2. The number of hydrogen-bond donors (Lipinski definition) is 2. The molecule has 0 radical (unpaired) electrons. The number of terminal acetylenes is 1. The van der Waals surface area contributed by atoms with Crippen LogP contribution in [-0.4, -0.2) is 27.5 Å². The van der Waals surface area contributed by atoms with Crippen molar-refractivity contribution >= 4 is 17.5 Å². The summed E-state index contributed by atoms with van der Waals surface area (Å²) in [6, 6.07) is 0.985. The van der Waals surface area contributed by atoms with E-state index >= 15 is 0 Å². The second-order valence-corrected chi connectivity index (χ2v) is 3.74. The largest absolute Gasteiger partial charge is 0.478 e. The Morgan fingerprint density at radius 1 is 1.58 bits per heavy atom. The van der Waals surface area contributed by atoms with Gasteiger partial charge in [0.05, 0.1) is 10.5 Å². The van der Waals surface area contributed by atoms with Crippen molar-refractivity contribution in [2.45, 2.75) is 19.3 Å². The van der Waals surface area contributed by atoms with Crippen molar-refractivity contribution in [2.75, 3.05) is 11.9 Å². The van der Waals surface area contributed by atoms with Gasteiger partial charge in [0.2, 0.25) is 5.82 Å². The lowest BCUT2D eigenvalue weighted by molar-refractivity contribution is -0.384. The number of rotatable bonds is 7. The molecule has 2 N–H and O–H groups in total. The third-order valence-electron chi connectivity index (χ3n) is 2.35. The molecule has 1 aromatic heterocycles. The first-order valence-electron chi connectivity index (χ1n) is 5.61. The van der Waals surface area contributed by atoms with E-state index in [1.54, 1.807) is 0 Å². The summed E-state index contributed by atoms with van der Waals surface area (Å²) in [5.74, 6) is 1.31. The summed E-state index contributed by atoms with van der Waals surface area (Å²) < 4.78 is 0. The Kier molecular flexibility index (Phi) is 5.29. The number of hydrogen-bond acceptors (Lipinski definition) is 5. The third-order valence-corrected chi connectivity index (χ3v) is 2.35. The van der Waals surface area contributed by atoms with Crippen molar-refractivity contribution in [3.8, 4) is 12.3 Å². The van der Waals surface area contributed by atoms with Crippen LogP contribution in [0.4, 0.5) is 11.5 Å². The molecule has 1 aromatic rings. The van der Waals surface area contributed by atoms with E-state index in [0.29, 0.717) is 13.0 Å². The predicted molar refractivity (Wildman–Crippen MR) is 69.0 cm³/mol. The van der Waals surface area contributed by atoms with Gasteiger partial charge in [-0.1, -0.05) is 0 Å². The van der Waals surface area contributed by atoms with Gasteiger partial charge in [0.15, 0.2) is 0 Å². The summed E-state index contributed by atoms with van der Waals surface area (Å²) in [4.78, 5) is 24.7. The Bertz CT molecular complexity index is 522. The third kappa shape index (κ3) is 4.27. The fraction of sp³-hybridized carbons (Fsp3) is 0.333. The highest BCUT2D eigenvalue weighted by atomic mass is 16.6. The SMILES string of the molecule is C#CCCCCNc1ncc(C(=O)O)cc1[N+](=O)[O-]. The minimum absolute atomic E-state index is 0.0655. The average molecular weight is 263 g/mol. The topological polar surface area (TPSA) is 105 Å². The Morgan fingerprint density at radius 2 is 2.32 bits per heavy atom. The van der Waals surface area contributed by atoms with Crippen LogP contribution in [0, 0.1) is 22.5 Å². The van der Waals surface area contributed by atoms with Crippen LogP contribution in [0.2, 0.25) is 0 Å². The van der Waals surface area contributed by atoms with Crippen LogP contribution in [0.3, 0.4) is 0 Å². The number of carbonyl (C=O) groups is 1. The molecular formula is C12H13N3O4. The van der Waals surface area contributed by atoms with Crippen molar-refractivity contribution in [3.05, 3.63) is 27.9 Å². The average Bonchev–Trinajstić information content (AvgIpc) is 2.38. The number of nitro groups is 1. The lowest BCUT2D eigenvalue weighted by Gasteiger charge is -2.06. The second-order valence-electron chi connectivity index (χ2n) is 3.74. The zero-order valence-electron chi connectivity index (χ0n) is 10.1. The number of pyridine rings is 1. The minimum Gasteiger partial charge on any atom is -0.478 e. The molecule has 1 heterocycles. The number of carboxylic acids is 1. The number of anilines is 1. The normalized spacial score (nSPS) is 9.63. The summed E-state index contributed by atoms with van der Waals surface area (Å²) in [7, 11) is 0. The molecule has 0 aliphatic rings. The molecule has 0 aliphatic carbocycles. The highest BCUT2D eigenvalue weighted by Gasteiger charge is 2.18. The molecule has 0 saturated carbocycles. The van der Waals surface area contributed by atoms with E-state index in [1.165, 1.54) is 0 Å². The minimum atomic E-state index is -1.25. The molecule has 7 heteroatoms. The van der Waals surface area contributed by atoms with E-state index in [4.69, 9.17) is 11.5 Å². The van der Waals surface area contributed by atoms with E-state index in [2.05, 4.69) is 16.2 Å². The van der Waals surface area contributed by atoms with Crippen LogP contribution in [0.5, 0.6) is 0 Å². The van der Waals surface area contributed by atoms with E-state index < -0.39 is 10.9 Å². The molecule has 1 rings (SSSR count). The first-order valence-corrected chi connectivity index (χ1v) is 5.61. The Hall–Kier alpha value is -2.62. The molecule has 7 nitrogen and oxygen atoms in total. The van der Waals surface area contributed by atoms with E-state index in [-0.39, 0.29) is 17.1 Å². The van der Waals surface area contributed by atoms with Gasteiger partial charge in [0, 0.05) is 25.2 Å². The Labute approximate surface area is 109 Å². The number of carboxylic acid groups (broad SMARTS) is 1. The molecule has 0 aromatic carbocycles. The second kappa shape index (κ2) is 6.96. The number of aromatic nitrogens is 1. The van der Waals surface area contributed by atoms with Gasteiger partial charge in [0.1, 0.15) is 0 Å². The monoisotopic (exact) mass is 263 g/mol. The molecule has 0 unspecified atom stereocenters. The molecule has 0 fully saturated rings. The number of nitrogens with zero attached hydrogens (tertiary/aromatic N) is 2. The number of aromatic carboxylic acids is 1. The quantitative estimate of drug-likeness (QED) is 0.337. The summed E-state index contributed by atoms with van der Waals surface area (Å²) in [6.45, 7) is 0.488. The maximum atomic E-state index is 10.8. The molecule has 0 atom stereocenters. The molecular weight excluding hydrogens is 250 g/mol. The predicted octanol–water partition coefficient (Wildman–Crippen LogP) is 1.90. The molecule has 100 valence electrons. The van der Waals surface area contributed by atoms with Gasteiger partial charge in [-0.2, -0.15) is 0 Å². The molecule has 0 aliphatic heterocycles. The van der Waals surface area contributed by atoms with Crippen molar-refractivity contribution in [1.29, 1.82) is 0 Å². The summed E-state index contributed by atoms with van der Waals surface area (Å²) in [6.07, 6.45) is 8.40. The van der Waals surface area contributed by atoms with Gasteiger partial charge in [-0.3, -0.25) is 10.1 Å². The zero-order valence-corrected chi connectivity index (χ0v) is 10.1. The summed E-state index contributed by atoms with van der Waals surface area (Å²) in [5, 5.41) is 22.4. The molecule has 19 heavy (non-hydrogen) atoms. The van der Waals surface area contributed by atoms with Crippen LogP contribution >= 0.6 is 0 Å². The Balaban J connectivity index is 2.75. The van der Waals surface area contributed by atoms with Crippen LogP contribution in [0.15, 0.2) is 12.3 Å². The highest BCUT2D eigenvalue weighted by Crippen LogP contribution is 2.22. The van der Waals surface area contributed by atoms with Crippen LogP contribution in [-0.2, 0) is 0 Å². The molecule has 0 saturated heterocycles. The van der Waals surface area contributed by atoms with Crippen molar-refractivity contribution < 1.29 is 14.8 Å². The Morgan fingerprint density at radius 3 is 2.89 bits per heavy atom. The van der Waals surface area contributed by atoms with Gasteiger partial charge in [-0.05, 0) is 12.8 Å². The molecule has 0 amide bonds. The van der Waals surface area contributed by atoms with Gasteiger partial charge in [-0.25, -0.2) is 9.78 Å². The standard InChI is InChI=1S/C12H13N3O4/c1-2-3-4-5-6-13-11-10(15(18)19)7-9(8-14-11)12(16)17/h1,7-8H,3-6H2,(H,13,14)(H,16,17). The van der Waals surface area contributed by atoms with Gasteiger partial charge in [0.25, 0.3) is 0 Å². The maximum Gasteiger partial charge on any atom is 0.337 e. The van der Waals surface area contributed by atoms with Crippen molar-refractivity contribution in [1.82, 2.24) is 4.98 Å². The lowest BCUT2D eigenvalue weighted by atomic mass is 10.2. The smallest absolute Gasteiger partial charge is 0.337 e. The van der Waals surface area contributed by atoms with Crippen molar-refractivity contribution in [2.24, 2.45) is 0 Å². The summed E-state index contributed by atoms with van der Waals surface area (Å²) in [5.41, 5.74) is -0.568. The zero-order chi connectivity index (χ0) is 14.3. The van der Waals surface area contributed by atoms with Gasteiger partial charge >= 0.3 is 11.7 Å². The van der Waals surface area contributed by atoms with Crippen LogP contribution in [0.1, 0.15) is 29.6 Å².